The molecule has 134 valence electrons. The van der Waals surface area contributed by atoms with E-state index in [4.69, 9.17) is 16.0 Å². The molecule has 3 aromatic rings. The third-order valence-electron chi connectivity index (χ3n) is 3.61. The fraction of sp³-hybridized carbons (Fsp3) is 0.125. The normalized spacial score (nSPS) is 10.7. The van der Waals surface area contributed by atoms with Gasteiger partial charge in [-0.2, -0.15) is 0 Å². The molecule has 0 spiro atoms. The molecular formula is C16H13ClN4O5. The lowest BCUT2D eigenvalue weighted by atomic mass is 10.3. The van der Waals surface area contributed by atoms with E-state index in [1.807, 2.05) is 0 Å². The number of carbonyl (C=O) groups is 1. The summed E-state index contributed by atoms with van der Waals surface area (Å²) in [5.74, 6) is -0.508. The van der Waals surface area contributed by atoms with Crippen molar-refractivity contribution in [3.05, 3.63) is 68.2 Å². The van der Waals surface area contributed by atoms with E-state index in [1.54, 1.807) is 24.3 Å². The van der Waals surface area contributed by atoms with E-state index in [0.717, 1.165) is 6.07 Å². The number of aromatic nitrogens is 1. The number of nitrogens with one attached hydrogen (secondary N) is 2. The van der Waals surface area contributed by atoms with Crippen LogP contribution in [0.15, 0.2) is 51.7 Å². The van der Waals surface area contributed by atoms with Crippen molar-refractivity contribution in [2.45, 2.75) is 6.54 Å². The van der Waals surface area contributed by atoms with Crippen molar-refractivity contribution in [2.75, 3.05) is 11.9 Å². The van der Waals surface area contributed by atoms with Crippen LogP contribution in [0.4, 0.5) is 16.2 Å². The molecule has 1 heterocycles. The van der Waals surface area contributed by atoms with E-state index < -0.39 is 16.7 Å². The van der Waals surface area contributed by atoms with E-state index in [-0.39, 0.29) is 29.5 Å². The highest BCUT2D eigenvalue weighted by atomic mass is 35.5. The lowest BCUT2D eigenvalue weighted by Gasteiger charge is -2.09. The number of oxazole rings is 1. The van der Waals surface area contributed by atoms with Crippen molar-refractivity contribution in [1.29, 1.82) is 0 Å². The van der Waals surface area contributed by atoms with Gasteiger partial charge in [0.2, 0.25) is 0 Å². The largest absolute Gasteiger partial charge is 0.420 e. The zero-order valence-electron chi connectivity index (χ0n) is 13.3. The number of benzene rings is 2. The fourth-order valence-corrected chi connectivity index (χ4v) is 2.61. The maximum Gasteiger partial charge on any atom is 0.420 e. The molecule has 0 fully saturated rings. The molecule has 10 heteroatoms. The van der Waals surface area contributed by atoms with Crippen molar-refractivity contribution in [3.63, 3.8) is 0 Å². The van der Waals surface area contributed by atoms with E-state index in [2.05, 4.69) is 10.6 Å². The number of halogens is 1. The Bertz CT molecular complexity index is 1040. The lowest BCUT2D eigenvalue weighted by molar-refractivity contribution is -0.384. The second-order valence-electron chi connectivity index (χ2n) is 5.29. The van der Waals surface area contributed by atoms with Gasteiger partial charge in [-0.3, -0.25) is 14.7 Å². The number of fused-ring (bicyclic) bond motifs is 1. The molecule has 0 aliphatic carbocycles. The predicted molar refractivity (Wildman–Crippen MR) is 95.6 cm³/mol. The number of hydrogen-bond donors (Lipinski definition) is 2. The van der Waals surface area contributed by atoms with Crippen LogP contribution in [0.1, 0.15) is 0 Å². The zero-order valence-corrected chi connectivity index (χ0v) is 14.0. The van der Waals surface area contributed by atoms with Crippen LogP contribution in [0.25, 0.3) is 11.1 Å². The van der Waals surface area contributed by atoms with Crippen molar-refractivity contribution < 1.29 is 14.1 Å². The molecule has 3 rings (SSSR count). The van der Waals surface area contributed by atoms with Crippen molar-refractivity contribution in [1.82, 2.24) is 9.88 Å². The van der Waals surface area contributed by atoms with Crippen molar-refractivity contribution >= 4 is 40.1 Å². The number of para-hydroxylation sites is 2. The summed E-state index contributed by atoms with van der Waals surface area (Å²) < 4.78 is 6.52. The monoisotopic (exact) mass is 376 g/mol. The van der Waals surface area contributed by atoms with Crippen LogP contribution in [0.3, 0.4) is 0 Å². The summed E-state index contributed by atoms with van der Waals surface area (Å²) in [4.78, 5) is 33.9. The molecule has 0 saturated carbocycles. The summed E-state index contributed by atoms with van der Waals surface area (Å²) >= 11 is 5.91. The molecule has 0 radical (unpaired) electrons. The Kier molecular flexibility index (Phi) is 4.90. The number of nitro benzene ring substituents is 1. The summed E-state index contributed by atoms with van der Waals surface area (Å²) in [5.41, 5.74) is 1.17. The van der Waals surface area contributed by atoms with Crippen molar-refractivity contribution in [3.8, 4) is 0 Å². The van der Waals surface area contributed by atoms with Crippen LogP contribution in [-0.4, -0.2) is 22.1 Å². The van der Waals surface area contributed by atoms with Gasteiger partial charge in [0.05, 0.1) is 21.2 Å². The highest BCUT2D eigenvalue weighted by Crippen LogP contribution is 2.26. The predicted octanol–water partition coefficient (Wildman–Crippen LogP) is 2.98. The van der Waals surface area contributed by atoms with Gasteiger partial charge in [0.1, 0.15) is 0 Å². The van der Waals surface area contributed by atoms with Crippen LogP contribution in [-0.2, 0) is 6.54 Å². The van der Waals surface area contributed by atoms with Crippen molar-refractivity contribution in [2.24, 2.45) is 0 Å². The van der Waals surface area contributed by atoms with E-state index in [9.17, 15) is 19.7 Å². The minimum Gasteiger partial charge on any atom is -0.408 e. The first-order chi connectivity index (χ1) is 12.5. The molecule has 0 unspecified atom stereocenters. The minimum atomic E-state index is -0.581. The molecule has 0 aliphatic rings. The highest BCUT2D eigenvalue weighted by molar-refractivity contribution is 6.33. The number of urea groups is 1. The maximum absolute atomic E-state index is 11.9. The molecule has 0 atom stereocenters. The lowest BCUT2D eigenvalue weighted by Crippen LogP contribution is -2.33. The summed E-state index contributed by atoms with van der Waals surface area (Å²) in [6.07, 6.45) is 0. The Hall–Kier alpha value is -3.33. The number of carbonyl (C=O) groups excluding carboxylic acids is 1. The van der Waals surface area contributed by atoms with Gasteiger partial charge in [0.15, 0.2) is 5.58 Å². The van der Waals surface area contributed by atoms with Gasteiger partial charge >= 0.3 is 11.8 Å². The molecule has 2 aromatic carbocycles. The molecule has 9 nitrogen and oxygen atoms in total. The highest BCUT2D eigenvalue weighted by Gasteiger charge is 2.12. The Balaban J connectivity index is 1.60. The number of rotatable bonds is 5. The molecule has 0 aliphatic heterocycles. The van der Waals surface area contributed by atoms with Crippen LogP contribution >= 0.6 is 11.6 Å². The zero-order chi connectivity index (χ0) is 18.7. The molecular weight excluding hydrogens is 364 g/mol. The first-order valence-corrected chi connectivity index (χ1v) is 7.90. The summed E-state index contributed by atoms with van der Waals surface area (Å²) in [5, 5.41) is 15.8. The summed E-state index contributed by atoms with van der Waals surface area (Å²) in [7, 11) is 0. The molecule has 2 amide bonds. The molecule has 2 N–H and O–H groups in total. The number of amides is 2. The SMILES string of the molecule is O=C(NCCn1c(=O)oc2ccccc21)Nc1ccc([N+](=O)[O-])cc1Cl. The van der Waals surface area contributed by atoms with Crippen LogP contribution in [0.5, 0.6) is 0 Å². The standard InChI is InChI=1S/C16H13ClN4O5/c17-11-9-10(21(24)25)5-6-12(11)19-15(22)18-7-8-20-13-3-1-2-4-14(13)26-16(20)23/h1-6,9H,7-8H2,(H2,18,19,22). The van der Waals surface area contributed by atoms with Gasteiger partial charge in [0.25, 0.3) is 5.69 Å². The van der Waals surface area contributed by atoms with E-state index >= 15 is 0 Å². The molecule has 1 aromatic heterocycles. The molecule has 0 saturated heterocycles. The van der Waals surface area contributed by atoms with Crippen LogP contribution in [0, 0.1) is 10.1 Å². The number of nitrogens with zero attached hydrogens (tertiary/aromatic N) is 2. The number of non-ortho nitro benzene ring substituents is 1. The van der Waals surface area contributed by atoms with Gasteiger partial charge in [-0.05, 0) is 18.2 Å². The maximum atomic E-state index is 11.9. The second-order valence-corrected chi connectivity index (χ2v) is 5.70. The Morgan fingerprint density at radius 3 is 2.77 bits per heavy atom. The van der Waals surface area contributed by atoms with Gasteiger partial charge in [-0.1, -0.05) is 23.7 Å². The topological polar surface area (TPSA) is 119 Å². The smallest absolute Gasteiger partial charge is 0.408 e. The molecule has 0 bridgehead atoms. The summed E-state index contributed by atoms with van der Waals surface area (Å²) in [6.45, 7) is 0.386. The number of hydrogen-bond acceptors (Lipinski definition) is 5. The van der Waals surface area contributed by atoms with Crippen LogP contribution in [0.2, 0.25) is 5.02 Å². The number of anilines is 1. The number of nitro groups is 1. The summed E-state index contributed by atoms with van der Waals surface area (Å²) in [6, 6.07) is 10.1. The van der Waals surface area contributed by atoms with Gasteiger partial charge in [0, 0.05) is 25.2 Å². The molecule has 26 heavy (non-hydrogen) atoms. The van der Waals surface area contributed by atoms with E-state index in [0.29, 0.717) is 11.1 Å². The average molecular weight is 377 g/mol. The van der Waals surface area contributed by atoms with E-state index in [1.165, 1.54) is 16.7 Å². The Morgan fingerprint density at radius 1 is 1.27 bits per heavy atom. The van der Waals surface area contributed by atoms with Crippen LogP contribution < -0.4 is 16.4 Å². The second kappa shape index (κ2) is 7.28. The first kappa shape index (κ1) is 17.5. The van der Waals surface area contributed by atoms with Gasteiger partial charge < -0.3 is 15.1 Å². The minimum absolute atomic E-state index is 0.0476. The third kappa shape index (κ3) is 3.67. The average Bonchev–Trinajstić information content (AvgIpc) is 2.92. The Labute approximate surface area is 151 Å². The third-order valence-corrected chi connectivity index (χ3v) is 3.92. The first-order valence-electron chi connectivity index (χ1n) is 7.53. The van der Waals surface area contributed by atoms with Gasteiger partial charge in [-0.25, -0.2) is 9.59 Å². The van der Waals surface area contributed by atoms with Gasteiger partial charge in [-0.15, -0.1) is 0 Å². The fourth-order valence-electron chi connectivity index (χ4n) is 2.39. The Morgan fingerprint density at radius 2 is 2.04 bits per heavy atom. The quantitative estimate of drug-likeness (QED) is 0.524.